The lowest BCUT2D eigenvalue weighted by Gasteiger charge is -2.27. The third-order valence-electron chi connectivity index (χ3n) is 4.88. The predicted molar refractivity (Wildman–Crippen MR) is 122 cm³/mol. The fourth-order valence-corrected chi connectivity index (χ4v) is 2.74. The van der Waals surface area contributed by atoms with Crippen LogP contribution in [-0.4, -0.2) is 39.9 Å². The first-order chi connectivity index (χ1) is 15.2. The van der Waals surface area contributed by atoms with Crippen LogP contribution >= 0.6 is 0 Å². The normalized spacial score (nSPS) is 12.1. The van der Waals surface area contributed by atoms with E-state index < -0.39 is 17.4 Å². The van der Waals surface area contributed by atoms with E-state index in [4.69, 9.17) is 4.74 Å². The van der Waals surface area contributed by atoms with Crippen molar-refractivity contribution in [3.63, 3.8) is 0 Å². The van der Waals surface area contributed by atoms with Crippen LogP contribution in [0.2, 0.25) is 0 Å². The molecule has 1 unspecified atom stereocenters. The quantitative estimate of drug-likeness (QED) is 0.499. The van der Waals surface area contributed by atoms with Gasteiger partial charge in [-0.15, -0.1) is 0 Å². The van der Waals surface area contributed by atoms with E-state index >= 15 is 0 Å². The van der Waals surface area contributed by atoms with E-state index in [-0.39, 0.29) is 17.8 Å². The van der Waals surface area contributed by atoms with Crippen LogP contribution in [0, 0.1) is 5.82 Å². The molecule has 0 aliphatic rings. The maximum atomic E-state index is 13.6. The van der Waals surface area contributed by atoms with E-state index in [0.29, 0.717) is 17.1 Å². The zero-order valence-electron chi connectivity index (χ0n) is 18.3. The summed E-state index contributed by atoms with van der Waals surface area (Å²) in [6.07, 6.45) is 1.51. The first kappa shape index (κ1) is 23.0. The topological polar surface area (TPSA) is 99.6 Å². The molecule has 8 nitrogen and oxygen atoms in total. The fourth-order valence-electron chi connectivity index (χ4n) is 2.74. The van der Waals surface area contributed by atoms with Crippen LogP contribution in [0.15, 0.2) is 60.8 Å². The maximum absolute atomic E-state index is 13.6. The van der Waals surface area contributed by atoms with Crippen LogP contribution in [0.25, 0.3) is 0 Å². The number of rotatable bonds is 7. The molecule has 0 saturated carbocycles. The fraction of sp³-hybridized carbons (Fsp3) is 0.261. The van der Waals surface area contributed by atoms with Crippen molar-refractivity contribution in [3.8, 4) is 5.75 Å². The van der Waals surface area contributed by atoms with E-state index in [9.17, 15) is 14.3 Å². The molecule has 1 atom stereocenters. The van der Waals surface area contributed by atoms with Crippen molar-refractivity contribution in [2.75, 3.05) is 22.6 Å². The number of amides is 2. The van der Waals surface area contributed by atoms with Crippen LogP contribution in [0.4, 0.5) is 32.3 Å². The Balaban J connectivity index is 1.96. The molecular weight excluding hydrogens is 413 g/mol. The molecule has 168 valence electrons. The Hall–Kier alpha value is -3.72. The highest BCUT2D eigenvalue weighted by molar-refractivity contribution is 6.06. The summed E-state index contributed by atoms with van der Waals surface area (Å²) >= 11 is 0. The summed E-state index contributed by atoms with van der Waals surface area (Å²) in [6.45, 7) is 5.14. The molecule has 2 aromatic carbocycles. The van der Waals surface area contributed by atoms with Crippen LogP contribution in [-0.2, 0) is 0 Å². The Morgan fingerprint density at radius 3 is 2.53 bits per heavy atom. The van der Waals surface area contributed by atoms with Crippen LogP contribution in [0.1, 0.15) is 20.8 Å². The molecule has 0 spiro atoms. The van der Waals surface area contributed by atoms with Gasteiger partial charge in [0.2, 0.25) is 5.95 Å². The zero-order chi connectivity index (χ0) is 23.3. The van der Waals surface area contributed by atoms with Crippen LogP contribution < -0.4 is 20.3 Å². The second kappa shape index (κ2) is 9.61. The minimum absolute atomic E-state index is 0.245. The van der Waals surface area contributed by atoms with E-state index in [1.54, 1.807) is 64.3 Å². The Labute approximate surface area is 186 Å². The van der Waals surface area contributed by atoms with Crippen LogP contribution in [0.5, 0.6) is 5.75 Å². The van der Waals surface area contributed by atoms with Crippen LogP contribution in [0.3, 0.4) is 0 Å². The number of benzene rings is 2. The number of ether oxygens (including phenoxy) is 1. The number of hydrogen-bond donors (Lipinski definition) is 3. The molecule has 3 rings (SSSR count). The van der Waals surface area contributed by atoms with Crippen molar-refractivity contribution < 1.29 is 19.0 Å². The Kier molecular flexibility index (Phi) is 6.89. The summed E-state index contributed by atoms with van der Waals surface area (Å²) in [6, 6.07) is 13.1. The second-order valence-corrected chi connectivity index (χ2v) is 7.73. The minimum atomic E-state index is -1.01. The van der Waals surface area contributed by atoms with Crippen molar-refractivity contribution in [1.82, 2.24) is 9.97 Å². The van der Waals surface area contributed by atoms with Gasteiger partial charge in [-0.25, -0.2) is 19.1 Å². The number of halogens is 1. The second-order valence-electron chi connectivity index (χ2n) is 7.73. The van der Waals surface area contributed by atoms with Gasteiger partial charge in [-0.1, -0.05) is 6.07 Å². The molecule has 1 heterocycles. The lowest BCUT2D eigenvalue weighted by Crippen LogP contribution is -2.40. The molecular formula is C23H26FN5O3. The van der Waals surface area contributed by atoms with Gasteiger partial charge in [0.25, 0.3) is 0 Å². The van der Waals surface area contributed by atoms with Gasteiger partial charge in [0, 0.05) is 18.0 Å². The highest BCUT2D eigenvalue weighted by Crippen LogP contribution is 2.28. The number of aromatic nitrogens is 2. The third-order valence-corrected chi connectivity index (χ3v) is 4.88. The lowest BCUT2D eigenvalue weighted by atomic mass is 10.0. The van der Waals surface area contributed by atoms with Crippen molar-refractivity contribution >= 4 is 29.2 Å². The first-order valence-corrected chi connectivity index (χ1v) is 10.00. The summed E-state index contributed by atoms with van der Waals surface area (Å²) < 4.78 is 18.8. The molecule has 2 amide bonds. The average Bonchev–Trinajstić information content (AvgIpc) is 2.74. The van der Waals surface area contributed by atoms with Gasteiger partial charge >= 0.3 is 6.03 Å². The molecule has 32 heavy (non-hydrogen) atoms. The summed E-state index contributed by atoms with van der Waals surface area (Å²) in [5.41, 5.74) is -0.194. The number of urea groups is 1. The van der Waals surface area contributed by atoms with Gasteiger partial charge in [0.1, 0.15) is 17.4 Å². The van der Waals surface area contributed by atoms with Gasteiger partial charge < -0.3 is 20.5 Å². The van der Waals surface area contributed by atoms with Gasteiger partial charge in [0.05, 0.1) is 24.4 Å². The predicted octanol–water partition coefficient (Wildman–Crippen LogP) is 4.57. The number of methoxy groups -OCH3 is 1. The number of nitrogens with zero attached hydrogens (tertiary/aromatic N) is 3. The van der Waals surface area contributed by atoms with E-state index in [2.05, 4.69) is 20.6 Å². The smallest absolute Gasteiger partial charge is 0.332 e. The Morgan fingerprint density at radius 1 is 1.19 bits per heavy atom. The van der Waals surface area contributed by atoms with Crippen molar-refractivity contribution in [1.29, 1.82) is 0 Å². The number of hydrogen-bond acceptors (Lipinski definition) is 6. The Bertz CT molecular complexity index is 1070. The number of nitrogens with one attached hydrogen (secondary N) is 2. The summed E-state index contributed by atoms with van der Waals surface area (Å²) in [5, 5.41) is 15.9. The number of carbonyl (C=O) groups is 1. The van der Waals surface area contributed by atoms with Gasteiger partial charge in [-0.05, 0) is 63.2 Å². The standard InChI is InChI=1S/C23H26FN5O3/c1-15(23(2,3)31)26-21-25-13-12-20(28-21)29(18-8-10-19(32-4)11-9-18)22(30)27-17-7-5-6-16(24)14-17/h5-15,31H,1-4H3,(H,27,30)(H,25,26,28). The lowest BCUT2D eigenvalue weighted by molar-refractivity contribution is 0.0646. The summed E-state index contributed by atoms with van der Waals surface area (Å²) in [7, 11) is 1.55. The molecule has 0 aliphatic heterocycles. The SMILES string of the molecule is COc1ccc(N(C(=O)Nc2cccc(F)c2)c2ccnc(NC(C)C(C)(C)O)n2)cc1. The molecule has 3 aromatic rings. The molecule has 0 aliphatic carbocycles. The zero-order valence-corrected chi connectivity index (χ0v) is 18.3. The highest BCUT2D eigenvalue weighted by atomic mass is 19.1. The molecule has 0 bridgehead atoms. The highest BCUT2D eigenvalue weighted by Gasteiger charge is 2.24. The molecule has 1 aromatic heterocycles. The molecule has 0 fully saturated rings. The maximum Gasteiger partial charge on any atom is 0.332 e. The van der Waals surface area contributed by atoms with Crippen molar-refractivity contribution in [3.05, 3.63) is 66.6 Å². The monoisotopic (exact) mass is 439 g/mol. The average molecular weight is 439 g/mol. The molecule has 3 N–H and O–H groups in total. The largest absolute Gasteiger partial charge is 0.497 e. The first-order valence-electron chi connectivity index (χ1n) is 10.00. The molecule has 9 heteroatoms. The number of carbonyl (C=O) groups excluding carboxylic acids is 1. The molecule has 0 saturated heterocycles. The van der Waals surface area contributed by atoms with E-state index in [1.807, 2.05) is 0 Å². The number of anilines is 4. The minimum Gasteiger partial charge on any atom is -0.497 e. The van der Waals surface area contributed by atoms with Crippen molar-refractivity contribution in [2.24, 2.45) is 0 Å². The third kappa shape index (κ3) is 5.70. The van der Waals surface area contributed by atoms with Gasteiger partial charge in [-0.3, -0.25) is 0 Å². The van der Waals surface area contributed by atoms with Crippen molar-refractivity contribution in [2.45, 2.75) is 32.4 Å². The number of aliphatic hydroxyl groups is 1. The summed E-state index contributed by atoms with van der Waals surface area (Å²) in [5.74, 6) is 0.690. The summed E-state index contributed by atoms with van der Waals surface area (Å²) in [4.78, 5) is 23.2. The van der Waals surface area contributed by atoms with Gasteiger partial charge in [0.15, 0.2) is 0 Å². The van der Waals surface area contributed by atoms with Gasteiger partial charge in [-0.2, -0.15) is 4.98 Å². The Morgan fingerprint density at radius 2 is 1.91 bits per heavy atom. The van der Waals surface area contributed by atoms with E-state index in [0.717, 1.165) is 0 Å². The van der Waals surface area contributed by atoms with E-state index in [1.165, 1.54) is 29.3 Å². The molecule has 0 radical (unpaired) electrons.